The van der Waals surface area contributed by atoms with Crippen molar-refractivity contribution < 1.29 is 4.79 Å². The third kappa shape index (κ3) is 1.80. The molecular weight excluding hydrogens is 236 g/mol. The zero-order valence-electron chi connectivity index (χ0n) is 10.1. The van der Waals surface area contributed by atoms with Gasteiger partial charge in [0.2, 0.25) is 0 Å². The van der Waals surface area contributed by atoms with E-state index in [1.54, 1.807) is 12.1 Å². The second-order valence-electron chi connectivity index (χ2n) is 4.27. The van der Waals surface area contributed by atoms with Gasteiger partial charge in [0.25, 0.3) is 0 Å². The van der Waals surface area contributed by atoms with Gasteiger partial charge in [-0.2, -0.15) is 5.26 Å². The van der Waals surface area contributed by atoms with Crippen molar-refractivity contribution in [1.82, 2.24) is 4.98 Å². The average Bonchev–Trinajstić information content (AvgIpc) is 2.85. The standard InChI is InChI=1S/C16H10N2O/c17-9-11-6-7-15-13(8-11)14(10-19)16(18-15)12-4-2-1-3-5-12/h1-8,10,18H. The summed E-state index contributed by atoms with van der Waals surface area (Å²) in [4.78, 5) is 14.6. The third-order valence-corrected chi connectivity index (χ3v) is 3.15. The molecule has 3 heteroatoms. The lowest BCUT2D eigenvalue weighted by atomic mass is 10.1. The summed E-state index contributed by atoms with van der Waals surface area (Å²) in [5.74, 6) is 0. The third-order valence-electron chi connectivity index (χ3n) is 3.15. The molecule has 0 saturated carbocycles. The van der Waals surface area contributed by atoms with Gasteiger partial charge in [-0.1, -0.05) is 30.3 Å². The summed E-state index contributed by atoms with van der Waals surface area (Å²) in [6.07, 6.45) is 0.836. The number of aromatic nitrogens is 1. The summed E-state index contributed by atoms with van der Waals surface area (Å²) in [5.41, 5.74) is 3.76. The Morgan fingerprint density at radius 1 is 1.11 bits per heavy atom. The van der Waals surface area contributed by atoms with E-state index in [4.69, 9.17) is 5.26 Å². The molecule has 0 spiro atoms. The van der Waals surface area contributed by atoms with Crippen molar-refractivity contribution in [2.24, 2.45) is 0 Å². The molecule has 0 aliphatic heterocycles. The maximum atomic E-state index is 11.4. The number of nitriles is 1. The molecule has 3 nitrogen and oxygen atoms in total. The molecule has 19 heavy (non-hydrogen) atoms. The van der Waals surface area contributed by atoms with E-state index in [0.29, 0.717) is 11.1 Å². The van der Waals surface area contributed by atoms with E-state index in [9.17, 15) is 4.79 Å². The van der Waals surface area contributed by atoms with E-state index in [1.807, 2.05) is 36.4 Å². The molecule has 0 radical (unpaired) electrons. The van der Waals surface area contributed by atoms with Gasteiger partial charge in [-0.25, -0.2) is 0 Å². The fraction of sp³-hybridized carbons (Fsp3) is 0. The molecule has 0 bridgehead atoms. The number of hydrogen-bond donors (Lipinski definition) is 1. The van der Waals surface area contributed by atoms with Crippen molar-refractivity contribution in [3.8, 4) is 17.3 Å². The Kier molecular flexibility index (Phi) is 2.62. The lowest BCUT2D eigenvalue weighted by Gasteiger charge is -1.98. The molecule has 1 aromatic heterocycles. The minimum atomic E-state index is 0.550. The van der Waals surface area contributed by atoms with E-state index >= 15 is 0 Å². The molecule has 0 aliphatic carbocycles. The Morgan fingerprint density at radius 2 is 1.89 bits per heavy atom. The summed E-state index contributed by atoms with van der Waals surface area (Å²) in [6.45, 7) is 0. The summed E-state index contributed by atoms with van der Waals surface area (Å²) in [5, 5.41) is 9.72. The zero-order chi connectivity index (χ0) is 13.2. The van der Waals surface area contributed by atoms with Crippen molar-refractivity contribution in [2.75, 3.05) is 0 Å². The molecule has 3 rings (SSSR count). The van der Waals surface area contributed by atoms with Gasteiger partial charge < -0.3 is 4.98 Å². The van der Waals surface area contributed by atoms with Gasteiger partial charge in [-0.05, 0) is 23.8 Å². The highest BCUT2D eigenvalue weighted by molar-refractivity contribution is 6.04. The minimum absolute atomic E-state index is 0.550. The number of nitrogens with one attached hydrogen (secondary N) is 1. The maximum Gasteiger partial charge on any atom is 0.152 e. The molecule has 2 aromatic carbocycles. The van der Waals surface area contributed by atoms with Crippen molar-refractivity contribution in [2.45, 2.75) is 0 Å². The van der Waals surface area contributed by atoms with Crippen molar-refractivity contribution in [3.05, 3.63) is 59.7 Å². The van der Waals surface area contributed by atoms with Crippen molar-refractivity contribution >= 4 is 17.2 Å². The van der Waals surface area contributed by atoms with Crippen LogP contribution >= 0.6 is 0 Å². The first-order chi connectivity index (χ1) is 9.33. The highest BCUT2D eigenvalue weighted by Crippen LogP contribution is 2.29. The van der Waals surface area contributed by atoms with Crippen LogP contribution in [0.25, 0.3) is 22.2 Å². The molecule has 1 heterocycles. The van der Waals surface area contributed by atoms with E-state index in [-0.39, 0.29) is 0 Å². The minimum Gasteiger partial charge on any atom is -0.354 e. The van der Waals surface area contributed by atoms with Gasteiger partial charge in [-0.15, -0.1) is 0 Å². The summed E-state index contributed by atoms with van der Waals surface area (Å²) in [6, 6.07) is 17.1. The van der Waals surface area contributed by atoms with E-state index in [1.165, 1.54) is 0 Å². The predicted octanol–water partition coefficient (Wildman–Crippen LogP) is 3.52. The molecule has 0 amide bonds. The van der Waals surface area contributed by atoms with Crippen LogP contribution in [0.4, 0.5) is 0 Å². The molecule has 0 saturated heterocycles. The highest BCUT2D eigenvalue weighted by atomic mass is 16.1. The molecule has 3 aromatic rings. The lowest BCUT2D eigenvalue weighted by Crippen LogP contribution is -1.83. The Bertz CT molecular complexity index is 795. The average molecular weight is 246 g/mol. The summed E-state index contributed by atoms with van der Waals surface area (Å²) >= 11 is 0. The first-order valence-corrected chi connectivity index (χ1v) is 5.90. The molecule has 0 unspecified atom stereocenters. The van der Waals surface area contributed by atoms with Crippen LogP contribution in [0.5, 0.6) is 0 Å². The van der Waals surface area contributed by atoms with Crippen LogP contribution in [0, 0.1) is 11.3 Å². The second kappa shape index (κ2) is 4.43. The summed E-state index contributed by atoms with van der Waals surface area (Å²) in [7, 11) is 0. The Hall–Kier alpha value is -2.86. The van der Waals surface area contributed by atoms with Gasteiger partial charge in [0, 0.05) is 16.5 Å². The molecule has 0 fully saturated rings. The van der Waals surface area contributed by atoms with Crippen LogP contribution in [0.15, 0.2) is 48.5 Å². The normalized spacial score (nSPS) is 10.3. The van der Waals surface area contributed by atoms with Gasteiger partial charge in [0.1, 0.15) is 0 Å². The monoisotopic (exact) mass is 246 g/mol. The van der Waals surface area contributed by atoms with Crippen LogP contribution < -0.4 is 0 Å². The number of aldehydes is 1. The smallest absolute Gasteiger partial charge is 0.152 e. The Morgan fingerprint density at radius 3 is 2.58 bits per heavy atom. The van der Waals surface area contributed by atoms with Gasteiger partial charge in [0.05, 0.1) is 17.3 Å². The molecular formula is C16H10N2O. The molecule has 90 valence electrons. The van der Waals surface area contributed by atoms with Crippen LogP contribution in [-0.4, -0.2) is 11.3 Å². The number of carbonyl (C=O) groups excluding carboxylic acids is 1. The number of benzene rings is 2. The summed E-state index contributed by atoms with van der Waals surface area (Å²) < 4.78 is 0. The number of H-pyrrole nitrogens is 1. The van der Waals surface area contributed by atoms with Gasteiger partial charge in [-0.3, -0.25) is 4.79 Å². The van der Waals surface area contributed by atoms with Gasteiger partial charge in [0.15, 0.2) is 6.29 Å². The number of hydrogen-bond acceptors (Lipinski definition) is 2. The first kappa shape index (κ1) is 11.2. The van der Waals surface area contributed by atoms with Crippen molar-refractivity contribution in [3.63, 3.8) is 0 Å². The van der Waals surface area contributed by atoms with Crippen LogP contribution in [0.3, 0.4) is 0 Å². The SMILES string of the molecule is N#Cc1ccc2[nH]c(-c3ccccc3)c(C=O)c2c1. The Balaban J connectivity index is 2.33. The fourth-order valence-corrected chi connectivity index (χ4v) is 2.24. The van der Waals surface area contributed by atoms with E-state index < -0.39 is 0 Å². The van der Waals surface area contributed by atoms with E-state index in [2.05, 4.69) is 11.1 Å². The quantitative estimate of drug-likeness (QED) is 0.703. The molecule has 0 atom stereocenters. The topological polar surface area (TPSA) is 56.6 Å². The highest BCUT2D eigenvalue weighted by Gasteiger charge is 2.12. The molecule has 1 N–H and O–H groups in total. The first-order valence-electron chi connectivity index (χ1n) is 5.90. The van der Waals surface area contributed by atoms with Crippen molar-refractivity contribution in [1.29, 1.82) is 5.26 Å². The van der Waals surface area contributed by atoms with Crippen LogP contribution in [0.2, 0.25) is 0 Å². The second-order valence-corrected chi connectivity index (χ2v) is 4.27. The van der Waals surface area contributed by atoms with Gasteiger partial charge >= 0.3 is 0 Å². The number of rotatable bonds is 2. The number of fused-ring (bicyclic) bond motifs is 1. The predicted molar refractivity (Wildman–Crippen MR) is 73.8 cm³/mol. The maximum absolute atomic E-state index is 11.4. The largest absolute Gasteiger partial charge is 0.354 e. The van der Waals surface area contributed by atoms with Crippen LogP contribution in [0.1, 0.15) is 15.9 Å². The zero-order valence-corrected chi connectivity index (χ0v) is 10.1. The number of nitrogens with zero attached hydrogens (tertiary/aromatic N) is 1. The number of aromatic amines is 1. The van der Waals surface area contributed by atoms with E-state index in [0.717, 1.165) is 28.4 Å². The fourth-order valence-electron chi connectivity index (χ4n) is 2.24. The lowest BCUT2D eigenvalue weighted by molar-refractivity contribution is 0.112. The van der Waals surface area contributed by atoms with Crippen LogP contribution in [-0.2, 0) is 0 Å². The number of carbonyl (C=O) groups is 1. The Labute approximate surface area is 110 Å². The molecule has 0 aliphatic rings.